The van der Waals surface area contributed by atoms with Gasteiger partial charge in [0.15, 0.2) is 0 Å². The molecule has 0 atom stereocenters. The lowest BCUT2D eigenvalue weighted by molar-refractivity contribution is -0.147. The molecule has 0 aliphatic rings. The molecule has 6 heteroatoms. The summed E-state index contributed by atoms with van der Waals surface area (Å²) in [6, 6.07) is 5.50. The van der Waals surface area contributed by atoms with Crippen molar-refractivity contribution in [2.24, 2.45) is 5.41 Å². The molecule has 0 bridgehead atoms. The molecule has 23 heavy (non-hydrogen) atoms. The number of carbonyl (C=O) groups is 2. The third-order valence-corrected chi connectivity index (χ3v) is 3.70. The van der Waals surface area contributed by atoms with Crippen molar-refractivity contribution in [3.63, 3.8) is 0 Å². The van der Waals surface area contributed by atoms with Gasteiger partial charge in [0.25, 0.3) is 0 Å². The van der Waals surface area contributed by atoms with Crippen LogP contribution in [0.4, 0.5) is 0 Å². The number of benzene rings is 1. The van der Waals surface area contributed by atoms with E-state index in [-0.39, 0.29) is 5.91 Å². The highest BCUT2D eigenvalue weighted by Crippen LogP contribution is 2.23. The first-order valence-electron chi connectivity index (χ1n) is 7.50. The molecule has 0 saturated heterocycles. The number of aliphatic carboxylic acids is 1. The first-order chi connectivity index (χ1) is 10.8. The van der Waals surface area contributed by atoms with Crippen LogP contribution in [0.1, 0.15) is 32.3 Å². The van der Waals surface area contributed by atoms with Gasteiger partial charge in [-0.1, -0.05) is 0 Å². The molecule has 1 amide bonds. The second-order valence-electron chi connectivity index (χ2n) is 6.01. The molecule has 0 heterocycles. The normalized spacial score (nSPS) is 11.0. The molecule has 1 aromatic carbocycles. The zero-order valence-electron chi connectivity index (χ0n) is 14.1. The predicted molar refractivity (Wildman–Crippen MR) is 86.9 cm³/mol. The van der Waals surface area contributed by atoms with Gasteiger partial charge in [-0.3, -0.25) is 9.59 Å². The number of carboxylic acid groups (broad SMARTS) is 1. The SMILES string of the molecule is COc1cc(CCC(=O)NCCC(C)(C)C(=O)O)cc(OC)c1. The van der Waals surface area contributed by atoms with Gasteiger partial charge in [-0.15, -0.1) is 0 Å². The molecule has 1 rings (SSSR count). The van der Waals surface area contributed by atoms with Gasteiger partial charge in [-0.05, 0) is 44.4 Å². The monoisotopic (exact) mass is 323 g/mol. The summed E-state index contributed by atoms with van der Waals surface area (Å²) in [5, 5.41) is 11.8. The lowest BCUT2D eigenvalue weighted by atomic mass is 9.90. The van der Waals surface area contributed by atoms with E-state index in [1.807, 2.05) is 12.1 Å². The first kappa shape index (κ1) is 18.8. The van der Waals surface area contributed by atoms with Gasteiger partial charge >= 0.3 is 5.97 Å². The molecule has 0 aromatic heterocycles. The van der Waals surface area contributed by atoms with Gasteiger partial charge < -0.3 is 19.9 Å². The van der Waals surface area contributed by atoms with E-state index in [0.29, 0.717) is 37.3 Å². The van der Waals surface area contributed by atoms with Crippen LogP contribution in [-0.2, 0) is 16.0 Å². The molecule has 128 valence electrons. The average molecular weight is 323 g/mol. The molecule has 0 spiro atoms. The summed E-state index contributed by atoms with van der Waals surface area (Å²) in [6.07, 6.45) is 1.27. The summed E-state index contributed by atoms with van der Waals surface area (Å²) in [5.74, 6) is 0.397. The Labute approximate surface area is 136 Å². The van der Waals surface area contributed by atoms with Crippen molar-refractivity contribution in [1.29, 1.82) is 0 Å². The van der Waals surface area contributed by atoms with Crippen molar-refractivity contribution in [3.05, 3.63) is 23.8 Å². The number of carbonyl (C=O) groups excluding carboxylic acids is 1. The Bertz CT molecular complexity index is 532. The van der Waals surface area contributed by atoms with Crippen LogP contribution in [0.5, 0.6) is 11.5 Å². The van der Waals surface area contributed by atoms with Gasteiger partial charge in [0.2, 0.25) is 5.91 Å². The fourth-order valence-corrected chi connectivity index (χ4v) is 1.98. The van der Waals surface area contributed by atoms with Gasteiger partial charge in [0.1, 0.15) is 11.5 Å². The summed E-state index contributed by atoms with van der Waals surface area (Å²) < 4.78 is 10.4. The molecule has 0 saturated carbocycles. The molecule has 0 fully saturated rings. The molecular formula is C17H25NO5. The van der Waals surface area contributed by atoms with E-state index in [2.05, 4.69) is 5.32 Å². The number of methoxy groups -OCH3 is 2. The van der Waals surface area contributed by atoms with Crippen LogP contribution in [0.15, 0.2) is 18.2 Å². The Kier molecular flexibility index (Phi) is 6.88. The van der Waals surface area contributed by atoms with Gasteiger partial charge in [0.05, 0.1) is 19.6 Å². The molecular weight excluding hydrogens is 298 g/mol. The second kappa shape index (κ2) is 8.41. The van der Waals surface area contributed by atoms with Crippen molar-refractivity contribution in [1.82, 2.24) is 5.32 Å². The van der Waals surface area contributed by atoms with Crippen molar-refractivity contribution in [2.75, 3.05) is 20.8 Å². The van der Waals surface area contributed by atoms with E-state index in [9.17, 15) is 9.59 Å². The van der Waals surface area contributed by atoms with Crippen LogP contribution in [0.2, 0.25) is 0 Å². The Morgan fingerprint density at radius 3 is 2.17 bits per heavy atom. The molecule has 0 aliphatic carbocycles. The van der Waals surface area contributed by atoms with Crippen LogP contribution in [0.25, 0.3) is 0 Å². The Morgan fingerprint density at radius 2 is 1.70 bits per heavy atom. The smallest absolute Gasteiger partial charge is 0.309 e. The number of hydrogen-bond acceptors (Lipinski definition) is 4. The van der Waals surface area contributed by atoms with Gasteiger partial charge in [-0.25, -0.2) is 0 Å². The van der Waals surface area contributed by atoms with E-state index in [0.717, 1.165) is 5.56 Å². The quantitative estimate of drug-likeness (QED) is 0.728. The van der Waals surface area contributed by atoms with Crippen molar-refractivity contribution < 1.29 is 24.2 Å². The summed E-state index contributed by atoms with van der Waals surface area (Å²) >= 11 is 0. The number of hydrogen-bond donors (Lipinski definition) is 2. The van der Waals surface area contributed by atoms with Gasteiger partial charge in [-0.2, -0.15) is 0 Å². The fourth-order valence-electron chi connectivity index (χ4n) is 1.98. The maximum atomic E-state index is 11.9. The summed E-state index contributed by atoms with van der Waals surface area (Å²) in [5.41, 5.74) is 0.107. The molecule has 1 aromatic rings. The Morgan fingerprint density at radius 1 is 1.13 bits per heavy atom. The standard InChI is InChI=1S/C17H25NO5/c1-17(2,16(20)21)7-8-18-15(19)6-5-12-9-13(22-3)11-14(10-12)23-4/h9-11H,5-8H2,1-4H3,(H,18,19)(H,20,21). The van der Waals surface area contributed by atoms with E-state index in [1.165, 1.54) is 0 Å². The van der Waals surface area contributed by atoms with Crippen LogP contribution < -0.4 is 14.8 Å². The van der Waals surface area contributed by atoms with Crippen LogP contribution in [-0.4, -0.2) is 37.7 Å². The molecule has 0 aliphatic heterocycles. The fraction of sp³-hybridized carbons (Fsp3) is 0.529. The second-order valence-corrected chi connectivity index (χ2v) is 6.01. The van der Waals surface area contributed by atoms with Crippen molar-refractivity contribution in [3.8, 4) is 11.5 Å². The molecule has 0 unspecified atom stereocenters. The topological polar surface area (TPSA) is 84.9 Å². The van der Waals surface area contributed by atoms with E-state index < -0.39 is 11.4 Å². The van der Waals surface area contributed by atoms with Crippen molar-refractivity contribution in [2.45, 2.75) is 33.1 Å². The Balaban J connectivity index is 2.46. The summed E-state index contributed by atoms with van der Waals surface area (Å²) in [4.78, 5) is 22.9. The highest BCUT2D eigenvalue weighted by molar-refractivity contribution is 5.76. The van der Waals surface area contributed by atoms with Crippen LogP contribution in [0, 0.1) is 5.41 Å². The van der Waals surface area contributed by atoms with Gasteiger partial charge in [0, 0.05) is 19.0 Å². The number of rotatable bonds is 9. The summed E-state index contributed by atoms with van der Waals surface area (Å²) in [6.45, 7) is 3.63. The van der Waals surface area contributed by atoms with Crippen LogP contribution >= 0.6 is 0 Å². The predicted octanol–water partition coefficient (Wildman–Crippen LogP) is 2.25. The lowest BCUT2D eigenvalue weighted by Gasteiger charge is -2.18. The number of aryl methyl sites for hydroxylation is 1. The highest BCUT2D eigenvalue weighted by atomic mass is 16.5. The third kappa shape index (κ3) is 6.18. The minimum atomic E-state index is -0.866. The number of ether oxygens (including phenoxy) is 2. The maximum Gasteiger partial charge on any atom is 0.309 e. The number of amides is 1. The van der Waals surface area contributed by atoms with Crippen molar-refractivity contribution >= 4 is 11.9 Å². The van der Waals surface area contributed by atoms with E-state index >= 15 is 0 Å². The Hall–Kier alpha value is -2.24. The van der Waals surface area contributed by atoms with E-state index in [4.69, 9.17) is 14.6 Å². The molecule has 6 nitrogen and oxygen atoms in total. The van der Waals surface area contributed by atoms with E-state index in [1.54, 1.807) is 34.1 Å². The third-order valence-electron chi connectivity index (χ3n) is 3.70. The number of carboxylic acids is 1. The minimum Gasteiger partial charge on any atom is -0.497 e. The maximum absolute atomic E-state index is 11.9. The summed E-state index contributed by atoms with van der Waals surface area (Å²) in [7, 11) is 3.16. The highest BCUT2D eigenvalue weighted by Gasteiger charge is 2.26. The first-order valence-corrected chi connectivity index (χ1v) is 7.50. The zero-order chi connectivity index (χ0) is 17.5. The molecule has 0 radical (unpaired) electrons. The number of nitrogens with one attached hydrogen (secondary N) is 1. The molecule has 2 N–H and O–H groups in total. The van der Waals surface area contributed by atoms with Crippen LogP contribution in [0.3, 0.4) is 0 Å². The zero-order valence-corrected chi connectivity index (χ0v) is 14.1. The largest absolute Gasteiger partial charge is 0.497 e. The minimum absolute atomic E-state index is 0.104. The average Bonchev–Trinajstić information content (AvgIpc) is 2.52. The lowest BCUT2D eigenvalue weighted by Crippen LogP contribution is -2.32.